The van der Waals surface area contributed by atoms with E-state index >= 15 is 0 Å². The maximum absolute atomic E-state index is 12.3. The molecular weight excluding hydrogens is 348 g/mol. The summed E-state index contributed by atoms with van der Waals surface area (Å²) in [6.07, 6.45) is 0.838. The summed E-state index contributed by atoms with van der Waals surface area (Å²) < 4.78 is 27.0. The molecule has 0 aromatic heterocycles. The second-order valence-electron chi connectivity index (χ2n) is 5.42. The Morgan fingerprint density at radius 3 is 2.21 bits per heavy atom. The standard InChI is InChI=1S/C17H19ClN2O3S/c1-3-12(2)19-17(21)13-4-8-15(9-5-13)20-24(22,23)16-10-6-14(18)7-11-16/h4-12,20H,3H2,1-2H3,(H,19,21)/t12-/m0/s1. The molecule has 24 heavy (non-hydrogen) atoms. The highest BCUT2D eigenvalue weighted by molar-refractivity contribution is 7.92. The number of amides is 1. The minimum Gasteiger partial charge on any atom is -0.350 e. The fraction of sp³-hybridized carbons (Fsp3) is 0.235. The first-order valence-electron chi connectivity index (χ1n) is 7.51. The van der Waals surface area contributed by atoms with E-state index in [2.05, 4.69) is 10.0 Å². The van der Waals surface area contributed by atoms with Gasteiger partial charge in [-0.2, -0.15) is 0 Å². The van der Waals surface area contributed by atoms with Crippen LogP contribution in [0, 0.1) is 0 Å². The molecule has 0 heterocycles. The third-order valence-electron chi connectivity index (χ3n) is 3.51. The van der Waals surface area contributed by atoms with Crippen LogP contribution in [0.4, 0.5) is 5.69 Å². The summed E-state index contributed by atoms with van der Waals surface area (Å²) in [5.41, 5.74) is 0.856. The van der Waals surface area contributed by atoms with Gasteiger partial charge in [0.05, 0.1) is 4.90 Å². The Balaban J connectivity index is 2.11. The summed E-state index contributed by atoms with van der Waals surface area (Å²) in [6, 6.07) is 12.2. The fourth-order valence-electron chi connectivity index (χ4n) is 1.93. The molecule has 2 aromatic carbocycles. The first kappa shape index (κ1) is 18.3. The lowest BCUT2D eigenvalue weighted by atomic mass is 10.1. The summed E-state index contributed by atoms with van der Waals surface area (Å²) >= 11 is 5.76. The number of benzene rings is 2. The van der Waals surface area contributed by atoms with Crippen LogP contribution in [0.5, 0.6) is 0 Å². The molecule has 0 aliphatic heterocycles. The Morgan fingerprint density at radius 1 is 1.08 bits per heavy atom. The minimum absolute atomic E-state index is 0.0839. The number of sulfonamides is 1. The number of carbonyl (C=O) groups excluding carboxylic acids is 1. The molecule has 2 rings (SSSR count). The molecule has 0 spiro atoms. The van der Waals surface area contributed by atoms with E-state index in [1.807, 2.05) is 13.8 Å². The largest absolute Gasteiger partial charge is 0.350 e. The lowest BCUT2D eigenvalue weighted by Crippen LogP contribution is -2.31. The lowest BCUT2D eigenvalue weighted by molar-refractivity contribution is 0.0939. The SMILES string of the molecule is CC[C@H](C)NC(=O)c1ccc(NS(=O)(=O)c2ccc(Cl)cc2)cc1. The van der Waals surface area contributed by atoms with Crippen molar-refractivity contribution < 1.29 is 13.2 Å². The molecule has 0 aliphatic rings. The highest BCUT2D eigenvalue weighted by Crippen LogP contribution is 2.18. The summed E-state index contributed by atoms with van der Waals surface area (Å²) in [4.78, 5) is 12.1. The number of nitrogens with one attached hydrogen (secondary N) is 2. The van der Waals surface area contributed by atoms with E-state index in [9.17, 15) is 13.2 Å². The number of hydrogen-bond donors (Lipinski definition) is 2. The van der Waals surface area contributed by atoms with Gasteiger partial charge in [-0.05, 0) is 61.9 Å². The van der Waals surface area contributed by atoms with Crippen molar-refractivity contribution in [3.63, 3.8) is 0 Å². The smallest absolute Gasteiger partial charge is 0.261 e. The van der Waals surface area contributed by atoms with Crippen molar-refractivity contribution >= 4 is 33.2 Å². The summed E-state index contributed by atoms with van der Waals surface area (Å²) in [5, 5.41) is 3.32. The first-order valence-corrected chi connectivity index (χ1v) is 9.37. The van der Waals surface area contributed by atoms with Gasteiger partial charge in [-0.1, -0.05) is 18.5 Å². The Bertz CT molecular complexity index is 803. The maximum atomic E-state index is 12.3. The van der Waals surface area contributed by atoms with E-state index in [0.717, 1.165) is 6.42 Å². The van der Waals surface area contributed by atoms with Crippen LogP contribution < -0.4 is 10.0 Å². The molecule has 0 aliphatic carbocycles. The predicted octanol–water partition coefficient (Wildman–Crippen LogP) is 3.67. The van der Waals surface area contributed by atoms with Gasteiger partial charge in [-0.15, -0.1) is 0 Å². The van der Waals surface area contributed by atoms with Gasteiger partial charge in [0.25, 0.3) is 15.9 Å². The van der Waals surface area contributed by atoms with Gasteiger partial charge >= 0.3 is 0 Å². The zero-order chi connectivity index (χ0) is 17.7. The number of halogens is 1. The number of anilines is 1. The number of carbonyl (C=O) groups is 1. The van der Waals surface area contributed by atoms with Crippen LogP contribution in [-0.4, -0.2) is 20.4 Å². The molecule has 0 radical (unpaired) electrons. The maximum Gasteiger partial charge on any atom is 0.261 e. The zero-order valence-electron chi connectivity index (χ0n) is 13.4. The fourth-order valence-corrected chi connectivity index (χ4v) is 3.11. The van der Waals surface area contributed by atoms with Crippen molar-refractivity contribution in [1.29, 1.82) is 0 Å². The molecule has 7 heteroatoms. The van der Waals surface area contributed by atoms with E-state index in [1.165, 1.54) is 24.3 Å². The average molecular weight is 367 g/mol. The molecule has 2 N–H and O–H groups in total. The highest BCUT2D eigenvalue weighted by atomic mass is 35.5. The Labute approximate surface area is 147 Å². The van der Waals surface area contributed by atoms with Crippen LogP contribution in [0.3, 0.4) is 0 Å². The second-order valence-corrected chi connectivity index (χ2v) is 7.54. The molecule has 5 nitrogen and oxygen atoms in total. The molecule has 0 bridgehead atoms. The monoisotopic (exact) mass is 366 g/mol. The normalized spacial score (nSPS) is 12.5. The van der Waals surface area contributed by atoms with Gasteiger partial charge in [0.1, 0.15) is 0 Å². The van der Waals surface area contributed by atoms with Crippen molar-refractivity contribution in [2.24, 2.45) is 0 Å². The molecule has 2 aromatic rings. The van der Waals surface area contributed by atoms with Crippen molar-refractivity contribution in [3.8, 4) is 0 Å². The number of rotatable bonds is 6. The van der Waals surface area contributed by atoms with Gasteiger partial charge in [-0.3, -0.25) is 9.52 Å². The molecule has 0 unspecified atom stereocenters. The topological polar surface area (TPSA) is 75.3 Å². The van der Waals surface area contributed by atoms with Gasteiger partial charge < -0.3 is 5.32 Å². The van der Waals surface area contributed by atoms with Gasteiger partial charge in [0, 0.05) is 22.3 Å². The molecular formula is C17H19ClN2O3S. The molecule has 0 saturated carbocycles. The van der Waals surface area contributed by atoms with Crippen molar-refractivity contribution in [2.75, 3.05) is 4.72 Å². The third kappa shape index (κ3) is 4.72. The second kappa shape index (κ2) is 7.68. The van der Waals surface area contributed by atoms with E-state index in [1.54, 1.807) is 24.3 Å². The minimum atomic E-state index is -3.70. The van der Waals surface area contributed by atoms with Crippen LogP contribution in [0.1, 0.15) is 30.6 Å². The Morgan fingerprint density at radius 2 is 1.67 bits per heavy atom. The molecule has 1 atom stereocenters. The molecule has 0 saturated heterocycles. The average Bonchev–Trinajstić information content (AvgIpc) is 2.55. The third-order valence-corrected chi connectivity index (χ3v) is 5.16. The molecule has 128 valence electrons. The van der Waals surface area contributed by atoms with E-state index in [-0.39, 0.29) is 16.8 Å². The van der Waals surface area contributed by atoms with Gasteiger partial charge in [0.2, 0.25) is 0 Å². The Kier molecular flexibility index (Phi) is 5.85. The van der Waals surface area contributed by atoms with Crippen LogP contribution in [0.25, 0.3) is 0 Å². The summed E-state index contributed by atoms with van der Waals surface area (Å²) in [5.74, 6) is -0.184. The summed E-state index contributed by atoms with van der Waals surface area (Å²) in [6.45, 7) is 3.91. The molecule has 0 fully saturated rings. The predicted molar refractivity (Wildman–Crippen MR) is 95.9 cm³/mol. The van der Waals surface area contributed by atoms with Crippen LogP contribution in [0.2, 0.25) is 5.02 Å². The first-order chi connectivity index (χ1) is 11.3. The van der Waals surface area contributed by atoms with Crippen molar-refractivity contribution in [3.05, 3.63) is 59.1 Å². The van der Waals surface area contributed by atoms with E-state index < -0.39 is 10.0 Å². The van der Waals surface area contributed by atoms with Crippen molar-refractivity contribution in [1.82, 2.24) is 5.32 Å². The van der Waals surface area contributed by atoms with E-state index in [0.29, 0.717) is 16.3 Å². The summed E-state index contributed by atoms with van der Waals surface area (Å²) in [7, 11) is -3.70. The van der Waals surface area contributed by atoms with Crippen LogP contribution >= 0.6 is 11.6 Å². The quantitative estimate of drug-likeness (QED) is 0.819. The molecule has 1 amide bonds. The van der Waals surface area contributed by atoms with Gasteiger partial charge in [0.15, 0.2) is 0 Å². The van der Waals surface area contributed by atoms with Gasteiger partial charge in [-0.25, -0.2) is 8.42 Å². The van der Waals surface area contributed by atoms with Crippen molar-refractivity contribution in [2.45, 2.75) is 31.2 Å². The van der Waals surface area contributed by atoms with Crippen LogP contribution in [-0.2, 0) is 10.0 Å². The highest BCUT2D eigenvalue weighted by Gasteiger charge is 2.14. The lowest BCUT2D eigenvalue weighted by Gasteiger charge is -2.12. The van der Waals surface area contributed by atoms with E-state index in [4.69, 9.17) is 11.6 Å². The zero-order valence-corrected chi connectivity index (χ0v) is 15.0. The number of hydrogen-bond acceptors (Lipinski definition) is 3. The van der Waals surface area contributed by atoms with Crippen LogP contribution in [0.15, 0.2) is 53.4 Å². The Hall–Kier alpha value is -2.05.